The SMILES string of the molecule is NC(=O)Cc1coc([C@@H]2O[C@H](CO)[C@@H](O)[C@H]2O)n1. The molecule has 0 radical (unpaired) electrons. The van der Waals surface area contributed by atoms with E-state index in [0.29, 0.717) is 5.69 Å². The summed E-state index contributed by atoms with van der Waals surface area (Å²) in [6.07, 6.45) is -3.18. The highest BCUT2D eigenvalue weighted by molar-refractivity contribution is 5.75. The van der Waals surface area contributed by atoms with E-state index >= 15 is 0 Å². The van der Waals surface area contributed by atoms with Gasteiger partial charge in [-0.15, -0.1) is 0 Å². The van der Waals surface area contributed by atoms with Crippen molar-refractivity contribution in [3.8, 4) is 0 Å². The average molecular weight is 258 g/mol. The molecule has 0 aliphatic carbocycles. The zero-order valence-corrected chi connectivity index (χ0v) is 9.39. The first kappa shape index (κ1) is 13.0. The summed E-state index contributed by atoms with van der Waals surface area (Å²) in [6.45, 7) is -0.427. The van der Waals surface area contributed by atoms with Gasteiger partial charge in [0.05, 0.1) is 18.7 Å². The van der Waals surface area contributed by atoms with Crippen LogP contribution in [0, 0.1) is 0 Å². The van der Waals surface area contributed by atoms with Gasteiger partial charge in [0.1, 0.15) is 24.6 Å². The fourth-order valence-corrected chi connectivity index (χ4v) is 1.82. The number of carbonyl (C=O) groups is 1. The van der Waals surface area contributed by atoms with Crippen LogP contribution in [0.15, 0.2) is 10.7 Å². The Labute approximate surface area is 102 Å². The first-order valence-corrected chi connectivity index (χ1v) is 5.38. The fraction of sp³-hybridized carbons (Fsp3) is 0.600. The van der Waals surface area contributed by atoms with Crippen LogP contribution in [-0.2, 0) is 16.0 Å². The van der Waals surface area contributed by atoms with Crippen molar-refractivity contribution < 1.29 is 29.3 Å². The van der Waals surface area contributed by atoms with Crippen molar-refractivity contribution in [1.29, 1.82) is 0 Å². The number of rotatable bonds is 4. The van der Waals surface area contributed by atoms with Gasteiger partial charge in [-0.2, -0.15) is 0 Å². The summed E-state index contributed by atoms with van der Waals surface area (Å²) in [5.41, 5.74) is 5.32. The Morgan fingerprint density at radius 2 is 2.17 bits per heavy atom. The third kappa shape index (κ3) is 2.36. The molecule has 8 nitrogen and oxygen atoms in total. The number of ether oxygens (including phenoxy) is 1. The quantitative estimate of drug-likeness (QED) is 0.483. The topological polar surface area (TPSA) is 139 Å². The summed E-state index contributed by atoms with van der Waals surface area (Å²) in [7, 11) is 0. The number of aliphatic hydroxyl groups is 3. The number of hydrogen-bond acceptors (Lipinski definition) is 7. The van der Waals surface area contributed by atoms with E-state index in [2.05, 4.69) is 4.98 Å². The van der Waals surface area contributed by atoms with Crippen molar-refractivity contribution in [3.63, 3.8) is 0 Å². The Kier molecular flexibility index (Phi) is 3.62. The number of nitrogens with two attached hydrogens (primary N) is 1. The molecule has 1 fully saturated rings. The molecule has 0 aromatic carbocycles. The lowest BCUT2D eigenvalue weighted by atomic mass is 10.1. The molecule has 0 unspecified atom stereocenters. The zero-order chi connectivity index (χ0) is 13.3. The minimum absolute atomic E-state index is 0.0359. The molecule has 8 heteroatoms. The first-order chi connectivity index (χ1) is 8.52. The fourth-order valence-electron chi connectivity index (χ4n) is 1.82. The average Bonchev–Trinajstić information content (AvgIpc) is 2.86. The van der Waals surface area contributed by atoms with Crippen molar-refractivity contribution in [1.82, 2.24) is 4.98 Å². The zero-order valence-electron chi connectivity index (χ0n) is 9.39. The highest BCUT2D eigenvalue weighted by Gasteiger charge is 2.45. The molecule has 0 spiro atoms. The number of hydrogen-bond donors (Lipinski definition) is 4. The van der Waals surface area contributed by atoms with E-state index in [0.717, 1.165) is 0 Å². The Morgan fingerprint density at radius 3 is 2.72 bits per heavy atom. The number of primary amides is 1. The van der Waals surface area contributed by atoms with Gasteiger partial charge >= 0.3 is 0 Å². The number of aliphatic hydroxyl groups excluding tert-OH is 3. The molecule has 1 saturated heterocycles. The van der Waals surface area contributed by atoms with Gasteiger partial charge in [-0.1, -0.05) is 0 Å². The summed E-state index contributed by atoms with van der Waals surface area (Å²) in [5.74, 6) is -0.523. The minimum atomic E-state index is -1.25. The van der Waals surface area contributed by atoms with Gasteiger partial charge in [0.25, 0.3) is 0 Å². The molecule has 0 saturated carbocycles. The van der Waals surface area contributed by atoms with Gasteiger partial charge in [-0.25, -0.2) is 4.98 Å². The van der Waals surface area contributed by atoms with Crippen molar-refractivity contribution >= 4 is 5.91 Å². The molecule has 1 aliphatic heterocycles. The largest absolute Gasteiger partial charge is 0.446 e. The van der Waals surface area contributed by atoms with Crippen LogP contribution in [0.5, 0.6) is 0 Å². The van der Waals surface area contributed by atoms with E-state index < -0.39 is 36.9 Å². The molecule has 0 bridgehead atoms. The molecule has 18 heavy (non-hydrogen) atoms. The van der Waals surface area contributed by atoms with Gasteiger partial charge in [-0.05, 0) is 0 Å². The number of amides is 1. The second-order valence-corrected chi connectivity index (χ2v) is 4.08. The lowest BCUT2D eigenvalue weighted by Crippen LogP contribution is -2.32. The molecule has 1 aliphatic rings. The molecule has 100 valence electrons. The molecule has 4 atom stereocenters. The van der Waals surface area contributed by atoms with Crippen molar-refractivity contribution in [2.75, 3.05) is 6.61 Å². The predicted molar refractivity (Wildman–Crippen MR) is 56.1 cm³/mol. The number of carbonyl (C=O) groups excluding carboxylic acids is 1. The van der Waals surface area contributed by atoms with Crippen LogP contribution in [0.1, 0.15) is 17.7 Å². The van der Waals surface area contributed by atoms with Crippen LogP contribution in [-0.4, -0.2) is 51.1 Å². The van der Waals surface area contributed by atoms with Gasteiger partial charge in [0.15, 0.2) is 6.10 Å². The lowest BCUT2D eigenvalue weighted by molar-refractivity contribution is -0.117. The maximum atomic E-state index is 10.7. The molecule has 5 N–H and O–H groups in total. The Bertz CT molecular complexity index is 434. The Morgan fingerprint density at radius 1 is 1.44 bits per heavy atom. The maximum Gasteiger partial charge on any atom is 0.226 e. The van der Waals surface area contributed by atoms with E-state index in [1.54, 1.807) is 0 Å². The third-order valence-corrected chi connectivity index (χ3v) is 2.71. The predicted octanol–water partition coefficient (Wildman–Crippen LogP) is -2.14. The second-order valence-electron chi connectivity index (χ2n) is 4.08. The number of nitrogens with zero attached hydrogens (tertiary/aromatic N) is 1. The maximum absolute atomic E-state index is 10.7. The Balaban J connectivity index is 2.12. The molecular weight excluding hydrogens is 244 g/mol. The van der Waals surface area contributed by atoms with E-state index in [9.17, 15) is 15.0 Å². The van der Waals surface area contributed by atoms with Gasteiger partial charge in [0.2, 0.25) is 11.8 Å². The molecular formula is C10H14N2O6. The highest BCUT2D eigenvalue weighted by Crippen LogP contribution is 2.32. The number of oxazole rings is 1. The highest BCUT2D eigenvalue weighted by atomic mass is 16.6. The van der Waals surface area contributed by atoms with Crippen LogP contribution >= 0.6 is 0 Å². The van der Waals surface area contributed by atoms with Crippen LogP contribution in [0.3, 0.4) is 0 Å². The van der Waals surface area contributed by atoms with Crippen LogP contribution < -0.4 is 5.73 Å². The van der Waals surface area contributed by atoms with Crippen LogP contribution in [0.2, 0.25) is 0 Å². The van der Waals surface area contributed by atoms with Crippen LogP contribution in [0.25, 0.3) is 0 Å². The van der Waals surface area contributed by atoms with E-state index in [-0.39, 0.29) is 12.3 Å². The second kappa shape index (κ2) is 5.02. The Hall–Kier alpha value is -1.48. The summed E-state index contributed by atoms with van der Waals surface area (Å²) >= 11 is 0. The molecule has 1 amide bonds. The molecule has 2 rings (SSSR count). The first-order valence-electron chi connectivity index (χ1n) is 5.38. The normalized spacial score (nSPS) is 31.7. The molecule has 2 heterocycles. The van der Waals surface area contributed by atoms with Gasteiger partial charge < -0.3 is 30.2 Å². The smallest absolute Gasteiger partial charge is 0.226 e. The van der Waals surface area contributed by atoms with Gasteiger partial charge in [-0.3, -0.25) is 4.79 Å². The van der Waals surface area contributed by atoms with Crippen molar-refractivity contribution in [2.45, 2.75) is 30.8 Å². The summed E-state index contributed by atoms with van der Waals surface area (Å²) < 4.78 is 10.3. The van der Waals surface area contributed by atoms with Gasteiger partial charge in [0, 0.05) is 0 Å². The van der Waals surface area contributed by atoms with E-state index in [4.69, 9.17) is 20.0 Å². The summed E-state index contributed by atoms with van der Waals surface area (Å²) in [5, 5.41) is 28.2. The number of aromatic nitrogens is 1. The summed E-state index contributed by atoms with van der Waals surface area (Å²) in [6, 6.07) is 0. The summed E-state index contributed by atoms with van der Waals surface area (Å²) in [4.78, 5) is 14.6. The van der Waals surface area contributed by atoms with Crippen LogP contribution in [0.4, 0.5) is 0 Å². The monoisotopic (exact) mass is 258 g/mol. The van der Waals surface area contributed by atoms with E-state index in [1.165, 1.54) is 6.26 Å². The van der Waals surface area contributed by atoms with Crippen molar-refractivity contribution in [3.05, 3.63) is 17.8 Å². The molecule has 1 aromatic rings. The standard InChI is InChI=1S/C10H14N2O6/c11-6(14)1-4-3-17-10(12-4)9-8(16)7(15)5(2-13)18-9/h3,5,7-9,13,15-16H,1-2H2,(H2,11,14)/t5-,7-,8-,9-/m1/s1. The van der Waals surface area contributed by atoms with E-state index in [1.807, 2.05) is 0 Å². The third-order valence-electron chi connectivity index (χ3n) is 2.71. The minimum Gasteiger partial charge on any atom is -0.446 e. The molecule has 1 aromatic heterocycles. The lowest BCUT2D eigenvalue weighted by Gasteiger charge is -2.10. The van der Waals surface area contributed by atoms with Crippen molar-refractivity contribution in [2.24, 2.45) is 5.73 Å².